The molecule has 3 rings (SSSR count). The van der Waals surface area contributed by atoms with Gasteiger partial charge in [-0.2, -0.15) is 0 Å². The molecule has 0 saturated carbocycles. The molecule has 1 aliphatic rings. The second kappa shape index (κ2) is 5.33. The van der Waals surface area contributed by atoms with Crippen LogP contribution in [0.5, 0.6) is 5.75 Å². The van der Waals surface area contributed by atoms with Crippen molar-refractivity contribution in [1.29, 1.82) is 0 Å². The number of nitrogens with one attached hydrogen (secondary N) is 1. The molecule has 0 radical (unpaired) electrons. The molecule has 1 N–H and O–H groups in total. The molecule has 0 bridgehead atoms. The molecule has 0 unspecified atom stereocenters. The van der Waals surface area contributed by atoms with Crippen molar-refractivity contribution in [2.75, 3.05) is 11.9 Å². The van der Waals surface area contributed by atoms with Gasteiger partial charge in [-0.3, -0.25) is 9.59 Å². The standard InChI is InChI=1S/C16H12BrNO3/c1-9-2-3-10(6-12(9)17)16(20)11-4-5-14-13(7-11)18-15(19)8-21-14/h2-7H,8H2,1H3,(H,18,19). The van der Waals surface area contributed by atoms with E-state index in [1.54, 1.807) is 30.3 Å². The lowest BCUT2D eigenvalue weighted by Crippen LogP contribution is -2.25. The van der Waals surface area contributed by atoms with Gasteiger partial charge in [-0.25, -0.2) is 0 Å². The zero-order chi connectivity index (χ0) is 15.0. The van der Waals surface area contributed by atoms with E-state index in [-0.39, 0.29) is 18.3 Å². The Kier molecular flexibility index (Phi) is 3.51. The monoisotopic (exact) mass is 345 g/mol. The van der Waals surface area contributed by atoms with Crippen molar-refractivity contribution in [2.24, 2.45) is 0 Å². The van der Waals surface area contributed by atoms with Crippen molar-refractivity contribution in [3.05, 3.63) is 57.6 Å². The summed E-state index contributed by atoms with van der Waals surface area (Å²) in [6.07, 6.45) is 0. The van der Waals surface area contributed by atoms with Gasteiger partial charge in [0.1, 0.15) is 5.75 Å². The number of fused-ring (bicyclic) bond motifs is 1. The number of amides is 1. The van der Waals surface area contributed by atoms with Crippen LogP contribution in [0.25, 0.3) is 0 Å². The first-order chi connectivity index (χ1) is 10.0. The second-order valence-electron chi connectivity index (χ2n) is 4.84. The van der Waals surface area contributed by atoms with Crippen molar-refractivity contribution in [3.63, 3.8) is 0 Å². The van der Waals surface area contributed by atoms with Crippen molar-refractivity contribution < 1.29 is 14.3 Å². The van der Waals surface area contributed by atoms with Crippen LogP contribution in [0.2, 0.25) is 0 Å². The van der Waals surface area contributed by atoms with E-state index in [9.17, 15) is 9.59 Å². The Bertz CT molecular complexity index is 755. The summed E-state index contributed by atoms with van der Waals surface area (Å²) in [5, 5.41) is 2.70. The number of aryl methyl sites for hydroxylation is 1. The van der Waals surface area contributed by atoms with Crippen molar-refractivity contribution in [2.45, 2.75) is 6.92 Å². The highest BCUT2D eigenvalue weighted by molar-refractivity contribution is 9.10. The zero-order valence-electron chi connectivity index (χ0n) is 11.3. The van der Waals surface area contributed by atoms with E-state index in [1.165, 1.54) is 0 Å². The van der Waals surface area contributed by atoms with Gasteiger partial charge >= 0.3 is 0 Å². The highest BCUT2D eigenvalue weighted by Crippen LogP contribution is 2.29. The third-order valence-electron chi connectivity index (χ3n) is 3.31. The van der Waals surface area contributed by atoms with E-state index in [0.29, 0.717) is 22.6 Å². The van der Waals surface area contributed by atoms with Gasteiger partial charge in [0, 0.05) is 15.6 Å². The number of hydrogen-bond donors (Lipinski definition) is 1. The smallest absolute Gasteiger partial charge is 0.262 e. The molecular weight excluding hydrogens is 334 g/mol. The van der Waals surface area contributed by atoms with Crippen LogP contribution in [0, 0.1) is 6.92 Å². The fraction of sp³-hybridized carbons (Fsp3) is 0.125. The lowest BCUT2D eigenvalue weighted by atomic mass is 10.0. The minimum absolute atomic E-state index is 0.00516. The molecule has 5 heteroatoms. The highest BCUT2D eigenvalue weighted by Gasteiger charge is 2.18. The minimum atomic E-state index is -0.217. The topological polar surface area (TPSA) is 55.4 Å². The van der Waals surface area contributed by atoms with E-state index in [1.807, 2.05) is 13.0 Å². The Labute approximate surface area is 130 Å². The Balaban J connectivity index is 1.96. The average Bonchev–Trinajstić information content (AvgIpc) is 2.48. The molecule has 106 valence electrons. The number of anilines is 1. The van der Waals surface area contributed by atoms with Gasteiger partial charge in [0.15, 0.2) is 12.4 Å². The summed E-state index contributed by atoms with van der Waals surface area (Å²) >= 11 is 3.43. The third-order valence-corrected chi connectivity index (χ3v) is 4.16. The molecule has 21 heavy (non-hydrogen) atoms. The van der Waals surface area contributed by atoms with Crippen molar-refractivity contribution in [1.82, 2.24) is 0 Å². The zero-order valence-corrected chi connectivity index (χ0v) is 12.9. The number of rotatable bonds is 2. The quantitative estimate of drug-likeness (QED) is 0.849. The van der Waals surface area contributed by atoms with Crippen molar-refractivity contribution >= 4 is 33.3 Å². The van der Waals surface area contributed by atoms with Crippen LogP contribution in [-0.2, 0) is 4.79 Å². The van der Waals surface area contributed by atoms with E-state index >= 15 is 0 Å². The Morgan fingerprint density at radius 3 is 2.67 bits per heavy atom. The first kappa shape index (κ1) is 13.8. The van der Waals surface area contributed by atoms with Gasteiger partial charge < -0.3 is 10.1 Å². The molecule has 0 atom stereocenters. The van der Waals surface area contributed by atoms with Crippen LogP contribution in [-0.4, -0.2) is 18.3 Å². The largest absolute Gasteiger partial charge is 0.482 e. The molecule has 0 aromatic heterocycles. The number of ketones is 1. The van der Waals surface area contributed by atoms with E-state index < -0.39 is 0 Å². The summed E-state index contributed by atoms with van der Waals surface area (Å²) in [5.74, 6) is 0.264. The predicted molar refractivity (Wildman–Crippen MR) is 82.9 cm³/mol. The number of hydrogen-bond acceptors (Lipinski definition) is 3. The molecule has 0 fully saturated rings. The number of carbonyl (C=O) groups excluding carboxylic acids is 2. The maximum Gasteiger partial charge on any atom is 0.262 e. The normalized spacial score (nSPS) is 13.1. The fourth-order valence-corrected chi connectivity index (χ4v) is 2.50. The van der Waals surface area contributed by atoms with Gasteiger partial charge in [0.05, 0.1) is 5.69 Å². The van der Waals surface area contributed by atoms with Gasteiger partial charge in [-0.15, -0.1) is 0 Å². The lowest BCUT2D eigenvalue weighted by molar-refractivity contribution is -0.118. The first-order valence-electron chi connectivity index (χ1n) is 6.42. The number of carbonyl (C=O) groups is 2. The maximum atomic E-state index is 12.5. The lowest BCUT2D eigenvalue weighted by Gasteiger charge is -2.18. The van der Waals surface area contributed by atoms with Crippen LogP contribution >= 0.6 is 15.9 Å². The third kappa shape index (κ3) is 2.69. The van der Waals surface area contributed by atoms with Gasteiger partial charge in [0.25, 0.3) is 5.91 Å². The van der Waals surface area contributed by atoms with Crippen LogP contribution in [0.1, 0.15) is 21.5 Å². The first-order valence-corrected chi connectivity index (χ1v) is 7.21. The highest BCUT2D eigenvalue weighted by atomic mass is 79.9. The maximum absolute atomic E-state index is 12.5. The van der Waals surface area contributed by atoms with Crippen LogP contribution < -0.4 is 10.1 Å². The Morgan fingerprint density at radius 2 is 1.90 bits per heavy atom. The van der Waals surface area contributed by atoms with Crippen LogP contribution in [0.15, 0.2) is 40.9 Å². The molecule has 4 nitrogen and oxygen atoms in total. The van der Waals surface area contributed by atoms with Crippen LogP contribution in [0.3, 0.4) is 0 Å². The molecule has 1 amide bonds. The van der Waals surface area contributed by atoms with E-state index in [2.05, 4.69) is 21.2 Å². The molecule has 0 spiro atoms. The average molecular weight is 346 g/mol. The SMILES string of the molecule is Cc1ccc(C(=O)c2ccc3c(c2)NC(=O)CO3)cc1Br. The molecular formula is C16H12BrNO3. The van der Waals surface area contributed by atoms with Crippen molar-refractivity contribution in [3.8, 4) is 5.75 Å². The molecule has 0 aliphatic carbocycles. The van der Waals surface area contributed by atoms with Gasteiger partial charge in [0.2, 0.25) is 0 Å². The molecule has 2 aromatic carbocycles. The van der Waals surface area contributed by atoms with Gasteiger partial charge in [-0.05, 0) is 36.8 Å². The molecule has 1 aliphatic heterocycles. The summed E-state index contributed by atoms with van der Waals surface area (Å²) in [4.78, 5) is 23.8. The molecule has 1 heterocycles. The summed E-state index contributed by atoms with van der Waals surface area (Å²) < 4.78 is 6.17. The molecule has 2 aromatic rings. The summed E-state index contributed by atoms with van der Waals surface area (Å²) in [6.45, 7) is 1.97. The van der Waals surface area contributed by atoms with Crippen LogP contribution in [0.4, 0.5) is 5.69 Å². The second-order valence-corrected chi connectivity index (χ2v) is 5.70. The number of halogens is 1. The van der Waals surface area contributed by atoms with E-state index in [4.69, 9.17) is 4.74 Å². The fourth-order valence-electron chi connectivity index (χ4n) is 2.13. The summed E-state index contributed by atoms with van der Waals surface area (Å²) in [6, 6.07) is 10.5. The number of ether oxygens (including phenoxy) is 1. The summed E-state index contributed by atoms with van der Waals surface area (Å²) in [7, 11) is 0. The number of benzene rings is 2. The van der Waals surface area contributed by atoms with E-state index in [0.717, 1.165) is 10.0 Å². The molecule has 0 saturated heterocycles. The Hall–Kier alpha value is -2.14. The summed E-state index contributed by atoms with van der Waals surface area (Å²) in [5.41, 5.74) is 2.70. The predicted octanol–water partition coefficient (Wildman–Crippen LogP) is 3.32. The van der Waals surface area contributed by atoms with Gasteiger partial charge in [-0.1, -0.05) is 28.1 Å². The minimum Gasteiger partial charge on any atom is -0.482 e. The Morgan fingerprint density at radius 1 is 1.19 bits per heavy atom.